The van der Waals surface area contributed by atoms with Crippen LogP contribution in [0.1, 0.15) is 0 Å². The third-order valence-electron chi connectivity index (χ3n) is 2.72. The number of benzene rings is 2. The SMILES string of the molecule is OC(CNc1ccc(Cl)cc1Br)COc1ccc(F)cc1. The smallest absolute Gasteiger partial charge is 0.123 e. The number of aliphatic hydroxyl groups excluding tert-OH is 1. The highest BCUT2D eigenvalue weighted by Crippen LogP contribution is 2.25. The lowest BCUT2D eigenvalue weighted by molar-refractivity contribution is 0.117. The van der Waals surface area contributed by atoms with Crippen LogP contribution in [0.4, 0.5) is 10.1 Å². The van der Waals surface area contributed by atoms with Crippen molar-refractivity contribution in [1.29, 1.82) is 0 Å². The van der Waals surface area contributed by atoms with Gasteiger partial charge in [-0.2, -0.15) is 0 Å². The Morgan fingerprint density at radius 1 is 1.24 bits per heavy atom. The van der Waals surface area contributed by atoms with Gasteiger partial charge in [-0.3, -0.25) is 0 Å². The first kappa shape index (κ1) is 16.1. The predicted molar refractivity (Wildman–Crippen MR) is 85.5 cm³/mol. The molecular formula is C15H14BrClFNO2. The summed E-state index contributed by atoms with van der Waals surface area (Å²) in [5, 5.41) is 13.6. The Balaban J connectivity index is 1.79. The maximum atomic E-state index is 12.7. The molecule has 1 atom stereocenters. The first-order chi connectivity index (χ1) is 10.0. The molecule has 1 unspecified atom stereocenters. The highest BCUT2D eigenvalue weighted by Gasteiger charge is 2.07. The Labute approximate surface area is 135 Å². The summed E-state index contributed by atoms with van der Waals surface area (Å²) in [5.74, 6) is 0.195. The third kappa shape index (κ3) is 5.19. The minimum Gasteiger partial charge on any atom is -0.491 e. The van der Waals surface area contributed by atoms with Crippen LogP contribution in [0.25, 0.3) is 0 Å². The average Bonchev–Trinajstić information content (AvgIpc) is 2.46. The van der Waals surface area contributed by atoms with E-state index in [4.69, 9.17) is 16.3 Å². The van der Waals surface area contributed by atoms with Crippen LogP contribution in [0.3, 0.4) is 0 Å². The first-order valence-corrected chi connectivity index (χ1v) is 7.47. The van der Waals surface area contributed by atoms with Crippen molar-refractivity contribution in [2.24, 2.45) is 0 Å². The molecule has 2 N–H and O–H groups in total. The predicted octanol–water partition coefficient (Wildman–Crippen LogP) is 4.09. The normalized spacial score (nSPS) is 12.0. The van der Waals surface area contributed by atoms with Gasteiger partial charge < -0.3 is 15.2 Å². The van der Waals surface area contributed by atoms with Crippen LogP contribution in [0, 0.1) is 5.82 Å². The van der Waals surface area contributed by atoms with Crippen molar-refractivity contribution < 1.29 is 14.2 Å². The van der Waals surface area contributed by atoms with Gasteiger partial charge in [-0.05, 0) is 58.4 Å². The van der Waals surface area contributed by atoms with Crippen LogP contribution in [0.2, 0.25) is 5.02 Å². The summed E-state index contributed by atoms with van der Waals surface area (Å²) in [6, 6.07) is 11.0. The third-order valence-corrected chi connectivity index (χ3v) is 3.61. The van der Waals surface area contributed by atoms with Crippen molar-refractivity contribution in [3.05, 3.63) is 57.8 Å². The lowest BCUT2D eigenvalue weighted by Gasteiger charge is -2.15. The van der Waals surface area contributed by atoms with Crippen molar-refractivity contribution in [2.45, 2.75) is 6.10 Å². The Morgan fingerprint density at radius 3 is 2.62 bits per heavy atom. The quantitative estimate of drug-likeness (QED) is 0.800. The number of aliphatic hydroxyl groups is 1. The molecule has 0 aliphatic carbocycles. The Bertz CT molecular complexity index is 595. The second-order valence-electron chi connectivity index (χ2n) is 4.42. The number of anilines is 1. The van der Waals surface area contributed by atoms with Gasteiger partial charge in [-0.1, -0.05) is 11.6 Å². The Morgan fingerprint density at radius 2 is 1.95 bits per heavy atom. The van der Waals surface area contributed by atoms with Crippen LogP contribution < -0.4 is 10.1 Å². The van der Waals surface area contributed by atoms with E-state index in [2.05, 4.69) is 21.2 Å². The zero-order valence-corrected chi connectivity index (χ0v) is 13.4. The number of rotatable bonds is 6. The largest absolute Gasteiger partial charge is 0.491 e. The molecule has 0 saturated heterocycles. The molecule has 0 spiro atoms. The maximum Gasteiger partial charge on any atom is 0.123 e. The van der Waals surface area contributed by atoms with E-state index in [1.807, 2.05) is 6.07 Å². The van der Waals surface area contributed by atoms with Gasteiger partial charge >= 0.3 is 0 Å². The van der Waals surface area contributed by atoms with E-state index in [-0.39, 0.29) is 12.4 Å². The fraction of sp³-hybridized carbons (Fsp3) is 0.200. The van der Waals surface area contributed by atoms with Crippen molar-refractivity contribution in [2.75, 3.05) is 18.5 Å². The summed E-state index contributed by atoms with van der Waals surface area (Å²) in [6.45, 7) is 0.436. The molecule has 0 aliphatic rings. The highest BCUT2D eigenvalue weighted by atomic mass is 79.9. The van der Waals surface area contributed by atoms with Gasteiger partial charge in [0.1, 0.15) is 24.3 Å². The number of nitrogens with one attached hydrogen (secondary N) is 1. The maximum absolute atomic E-state index is 12.7. The van der Waals surface area contributed by atoms with Gasteiger partial charge in [0.25, 0.3) is 0 Å². The molecule has 0 fully saturated rings. The molecule has 0 radical (unpaired) electrons. The molecule has 2 aromatic carbocycles. The first-order valence-electron chi connectivity index (χ1n) is 6.30. The molecule has 0 saturated carbocycles. The molecule has 2 rings (SSSR count). The summed E-state index contributed by atoms with van der Waals surface area (Å²) in [6.07, 6.45) is -0.697. The van der Waals surface area contributed by atoms with E-state index in [1.165, 1.54) is 24.3 Å². The van der Waals surface area contributed by atoms with E-state index in [9.17, 15) is 9.50 Å². The zero-order chi connectivity index (χ0) is 15.2. The van der Waals surface area contributed by atoms with Crippen molar-refractivity contribution in [1.82, 2.24) is 0 Å². The lowest BCUT2D eigenvalue weighted by Crippen LogP contribution is -2.26. The molecule has 3 nitrogen and oxygen atoms in total. The lowest BCUT2D eigenvalue weighted by atomic mass is 10.3. The van der Waals surface area contributed by atoms with Crippen LogP contribution in [-0.4, -0.2) is 24.4 Å². The fourth-order valence-electron chi connectivity index (χ4n) is 1.64. The molecule has 21 heavy (non-hydrogen) atoms. The Kier molecular flexibility index (Phi) is 5.85. The van der Waals surface area contributed by atoms with Gasteiger partial charge in [-0.15, -0.1) is 0 Å². The molecule has 0 bridgehead atoms. The van der Waals surface area contributed by atoms with E-state index < -0.39 is 6.10 Å². The van der Waals surface area contributed by atoms with Gasteiger partial charge in [-0.25, -0.2) is 4.39 Å². The molecule has 6 heteroatoms. The summed E-state index contributed by atoms with van der Waals surface area (Å²) in [7, 11) is 0. The summed E-state index contributed by atoms with van der Waals surface area (Å²) >= 11 is 9.24. The van der Waals surface area contributed by atoms with E-state index in [1.54, 1.807) is 12.1 Å². The Hall–Kier alpha value is -1.30. The van der Waals surface area contributed by atoms with Crippen molar-refractivity contribution in [3.8, 4) is 5.75 Å². The van der Waals surface area contributed by atoms with Gasteiger partial charge in [0.05, 0.1) is 0 Å². The fourth-order valence-corrected chi connectivity index (χ4v) is 2.47. The molecule has 0 amide bonds. The monoisotopic (exact) mass is 373 g/mol. The second kappa shape index (κ2) is 7.64. The van der Waals surface area contributed by atoms with Gasteiger partial charge in [0.2, 0.25) is 0 Å². The summed E-state index contributed by atoms with van der Waals surface area (Å²) < 4.78 is 18.9. The number of ether oxygens (including phenoxy) is 1. The summed E-state index contributed by atoms with van der Waals surface area (Å²) in [4.78, 5) is 0. The average molecular weight is 375 g/mol. The zero-order valence-electron chi connectivity index (χ0n) is 11.0. The molecular weight excluding hydrogens is 361 g/mol. The molecule has 0 aliphatic heterocycles. The van der Waals surface area contributed by atoms with Gasteiger partial charge in [0.15, 0.2) is 0 Å². The highest BCUT2D eigenvalue weighted by molar-refractivity contribution is 9.10. The topological polar surface area (TPSA) is 41.5 Å². The minimum atomic E-state index is -0.697. The summed E-state index contributed by atoms with van der Waals surface area (Å²) in [5.41, 5.74) is 0.834. The molecule has 2 aromatic rings. The van der Waals surface area contributed by atoms with Crippen LogP contribution in [-0.2, 0) is 0 Å². The van der Waals surface area contributed by atoms with E-state index in [0.717, 1.165) is 10.2 Å². The minimum absolute atomic E-state index is 0.115. The standard InChI is InChI=1S/C15H14BrClFNO2/c16-14-7-10(17)1-6-15(14)19-8-12(20)9-21-13-4-2-11(18)3-5-13/h1-7,12,19-20H,8-9H2. The molecule has 0 aromatic heterocycles. The van der Waals surface area contributed by atoms with E-state index >= 15 is 0 Å². The van der Waals surface area contributed by atoms with Gasteiger partial charge in [0, 0.05) is 21.7 Å². The van der Waals surface area contributed by atoms with Crippen LogP contribution >= 0.6 is 27.5 Å². The number of hydrogen-bond donors (Lipinski definition) is 2. The van der Waals surface area contributed by atoms with Crippen LogP contribution in [0.15, 0.2) is 46.9 Å². The molecule has 0 heterocycles. The van der Waals surface area contributed by atoms with Crippen molar-refractivity contribution >= 4 is 33.2 Å². The second-order valence-corrected chi connectivity index (χ2v) is 5.71. The molecule has 112 valence electrons. The van der Waals surface area contributed by atoms with Crippen molar-refractivity contribution in [3.63, 3.8) is 0 Å². The van der Waals surface area contributed by atoms with Crippen LogP contribution in [0.5, 0.6) is 5.75 Å². The van der Waals surface area contributed by atoms with E-state index in [0.29, 0.717) is 17.3 Å². The number of halogens is 3. The number of hydrogen-bond acceptors (Lipinski definition) is 3.